The molecule has 2 bridgehead atoms. The summed E-state index contributed by atoms with van der Waals surface area (Å²) in [4.78, 5) is 12.8. The number of hydrogen-bond acceptors (Lipinski definition) is 5. The Morgan fingerprint density at radius 2 is 2.13 bits per heavy atom. The lowest BCUT2D eigenvalue weighted by Crippen LogP contribution is -2.52. The molecule has 0 aromatic heterocycles. The largest absolute Gasteiger partial charge is 0.454 e. The van der Waals surface area contributed by atoms with E-state index in [1.54, 1.807) is 17.8 Å². The molecule has 0 radical (unpaired) electrons. The summed E-state index contributed by atoms with van der Waals surface area (Å²) in [5.74, 6) is 1.23. The van der Waals surface area contributed by atoms with Crippen LogP contribution < -0.4 is 9.47 Å². The third-order valence-corrected chi connectivity index (χ3v) is 5.44. The van der Waals surface area contributed by atoms with Crippen LogP contribution in [0.15, 0.2) is 24.3 Å². The zero-order chi connectivity index (χ0) is 15.8. The van der Waals surface area contributed by atoms with E-state index in [0.29, 0.717) is 23.5 Å². The number of benzene rings is 1. The van der Waals surface area contributed by atoms with Gasteiger partial charge in [-0.05, 0) is 17.7 Å². The number of ketones is 1. The van der Waals surface area contributed by atoms with Crippen molar-refractivity contribution in [1.29, 1.82) is 0 Å². The third-order valence-electron chi connectivity index (χ3n) is 5.44. The SMILES string of the molecule is CO[C@@H]1C=C[C@]23C(=O)C=[N+](C(O)c4cc5c(cc42)OCO5)[C@H]3C1. The minimum absolute atomic E-state index is 0.00929. The Bertz CT molecular complexity index is 798. The smallest absolute Gasteiger partial charge is 0.282 e. The van der Waals surface area contributed by atoms with Gasteiger partial charge in [-0.3, -0.25) is 4.79 Å². The van der Waals surface area contributed by atoms with Gasteiger partial charge < -0.3 is 19.3 Å². The summed E-state index contributed by atoms with van der Waals surface area (Å²) in [6.45, 7) is 0.163. The molecule has 0 saturated carbocycles. The molecule has 0 amide bonds. The van der Waals surface area contributed by atoms with Gasteiger partial charge in [-0.15, -0.1) is 0 Å². The van der Waals surface area contributed by atoms with Crippen LogP contribution in [0.25, 0.3) is 0 Å². The average Bonchev–Trinajstić information content (AvgIpc) is 3.12. The Morgan fingerprint density at radius 1 is 1.35 bits per heavy atom. The fourth-order valence-electron chi connectivity index (χ4n) is 4.30. The molecule has 0 saturated heterocycles. The maximum atomic E-state index is 12.8. The van der Waals surface area contributed by atoms with Crippen molar-refractivity contribution in [2.75, 3.05) is 13.9 Å². The van der Waals surface area contributed by atoms with Crippen molar-refractivity contribution >= 4 is 12.0 Å². The van der Waals surface area contributed by atoms with Crippen molar-refractivity contribution in [3.8, 4) is 11.5 Å². The molecule has 0 fully saturated rings. The van der Waals surface area contributed by atoms with E-state index in [4.69, 9.17) is 14.2 Å². The molecule has 6 heteroatoms. The first-order valence-electron chi connectivity index (χ1n) is 7.66. The molecule has 0 spiro atoms. The summed E-state index contributed by atoms with van der Waals surface area (Å²) in [6, 6.07) is 3.49. The van der Waals surface area contributed by atoms with Crippen molar-refractivity contribution < 1.29 is 28.7 Å². The number of rotatable bonds is 1. The molecule has 4 aliphatic rings. The lowest BCUT2D eigenvalue weighted by Gasteiger charge is -2.39. The molecule has 5 rings (SSSR count). The van der Waals surface area contributed by atoms with E-state index < -0.39 is 11.6 Å². The molecule has 1 aliphatic carbocycles. The summed E-state index contributed by atoms with van der Waals surface area (Å²) in [5, 5.41) is 10.8. The second-order valence-electron chi connectivity index (χ2n) is 6.36. The quantitative estimate of drug-likeness (QED) is 0.609. The molecular formula is C17H16NO5+. The van der Waals surface area contributed by atoms with E-state index in [9.17, 15) is 9.90 Å². The van der Waals surface area contributed by atoms with Crippen molar-refractivity contribution in [1.82, 2.24) is 0 Å². The molecule has 4 atom stereocenters. The molecule has 1 N–H and O–H groups in total. The van der Waals surface area contributed by atoms with Gasteiger partial charge in [0.2, 0.25) is 18.8 Å². The molecule has 118 valence electrons. The van der Waals surface area contributed by atoms with Gasteiger partial charge in [-0.25, -0.2) is 0 Å². The number of carbonyl (C=O) groups excluding carboxylic acids is 1. The maximum absolute atomic E-state index is 12.8. The lowest BCUT2D eigenvalue weighted by molar-refractivity contribution is -0.649. The van der Waals surface area contributed by atoms with Gasteiger partial charge in [-0.2, -0.15) is 4.58 Å². The molecule has 23 heavy (non-hydrogen) atoms. The molecule has 6 nitrogen and oxygen atoms in total. The highest BCUT2D eigenvalue weighted by Crippen LogP contribution is 2.52. The molecule has 1 unspecified atom stereocenters. The van der Waals surface area contributed by atoms with Crippen LogP contribution in [0.2, 0.25) is 0 Å². The number of aliphatic hydroxyl groups is 1. The highest BCUT2D eigenvalue weighted by atomic mass is 16.7. The number of nitrogens with zero attached hydrogens (tertiary/aromatic N) is 1. The summed E-state index contributed by atoms with van der Waals surface area (Å²) in [5.41, 5.74) is 0.734. The maximum Gasteiger partial charge on any atom is 0.282 e. The van der Waals surface area contributed by atoms with E-state index in [2.05, 4.69) is 0 Å². The van der Waals surface area contributed by atoms with Crippen LogP contribution in [-0.2, 0) is 14.9 Å². The zero-order valence-corrected chi connectivity index (χ0v) is 12.6. The predicted octanol–water partition coefficient (Wildman–Crippen LogP) is 0.667. The molecular weight excluding hydrogens is 298 g/mol. The number of fused-ring (bicyclic) bond motifs is 2. The summed E-state index contributed by atoms with van der Waals surface area (Å²) < 4.78 is 18.1. The topological polar surface area (TPSA) is 68.0 Å². The second-order valence-corrected chi connectivity index (χ2v) is 6.36. The number of hydrogen-bond donors (Lipinski definition) is 1. The molecule has 1 aromatic rings. The van der Waals surface area contributed by atoms with Crippen LogP contribution in [0.3, 0.4) is 0 Å². The van der Waals surface area contributed by atoms with Crippen molar-refractivity contribution in [2.45, 2.75) is 30.2 Å². The predicted molar refractivity (Wildman–Crippen MR) is 78.9 cm³/mol. The van der Waals surface area contributed by atoms with Crippen LogP contribution >= 0.6 is 0 Å². The van der Waals surface area contributed by atoms with E-state index in [1.165, 1.54) is 6.21 Å². The second kappa shape index (κ2) is 4.21. The van der Waals surface area contributed by atoms with Gasteiger partial charge in [0.05, 0.1) is 11.7 Å². The summed E-state index contributed by atoms with van der Waals surface area (Å²) in [6.07, 6.45) is 5.13. The lowest BCUT2D eigenvalue weighted by atomic mass is 9.65. The van der Waals surface area contributed by atoms with Gasteiger partial charge in [0.1, 0.15) is 5.41 Å². The highest BCUT2D eigenvalue weighted by molar-refractivity contribution is 6.32. The van der Waals surface area contributed by atoms with Gasteiger partial charge in [0.15, 0.2) is 17.5 Å². The minimum atomic E-state index is -0.868. The third kappa shape index (κ3) is 1.45. The van der Waals surface area contributed by atoms with Crippen molar-refractivity contribution in [3.63, 3.8) is 0 Å². The minimum Gasteiger partial charge on any atom is -0.454 e. The van der Waals surface area contributed by atoms with Crippen molar-refractivity contribution in [2.24, 2.45) is 0 Å². The van der Waals surface area contributed by atoms with Gasteiger partial charge >= 0.3 is 0 Å². The van der Waals surface area contributed by atoms with Crippen molar-refractivity contribution in [3.05, 3.63) is 35.4 Å². The summed E-state index contributed by atoms with van der Waals surface area (Å²) in [7, 11) is 1.65. The van der Waals surface area contributed by atoms with E-state index in [0.717, 1.165) is 5.56 Å². The number of ether oxygens (including phenoxy) is 3. The number of aliphatic hydroxyl groups excluding tert-OH is 1. The van der Waals surface area contributed by atoms with Gasteiger partial charge in [0.25, 0.3) is 6.23 Å². The van der Waals surface area contributed by atoms with Gasteiger partial charge in [0, 0.05) is 13.5 Å². The number of carbonyl (C=O) groups is 1. The number of methoxy groups -OCH3 is 1. The molecule has 3 aliphatic heterocycles. The van der Waals surface area contributed by atoms with Crippen LogP contribution in [0.1, 0.15) is 23.8 Å². The van der Waals surface area contributed by atoms with E-state index in [1.807, 2.05) is 18.2 Å². The fraction of sp³-hybridized carbons (Fsp3) is 0.412. The zero-order valence-electron chi connectivity index (χ0n) is 12.6. The standard InChI is InChI=1S/C17H16NO5/c1-21-9-2-3-17-11-6-13-12(22-8-23-13)5-10(11)16(20)18(7-15(17)19)14(17)4-9/h2-3,5-7,9,14,16,20H,4,8H2,1H3/q+1/t9-,14+,16?,17+/m1/s1. The highest BCUT2D eigenvalue weighted by Gasteiger charge is 2.64. The van der Waals surface area contributed by atoms with Crippen LogP contribution in [0.4, 0.5) is 0 Å². The Hall–Kier alpha value is -2.18. The van der Waals surface area contributed by atoms with E-state index in [-0.39, 0.29) is 24.7 Å². The normalized spacial score (nSPS) is 35.8. The average molecular weight is 314 g/mol. The number of Topliss-reactive ketones (excluding diaryl/α,β-unsaturated/α-hetero) is 1. The Morgan fingerprint density at radius 3 is 2.91 bits per heavy atom. The van der Waals surface area contributed by atoms with Crippen LogP contribution in [0, 0.1) is 0 Å². The molecule has 3 heterocycles. The van der Waals surface area contributed by atoms with Gasteiger partial charge in [-0.1, -0.05) is 12.2 Å². The first-order chi connectivity index (χ1) is 11.1. The first kappa shape index (κ1) is 13.3. The first-order valence-corrected chi connectivity index (χ1v) is 7.66. The molecule has 1 aromatic carbocycles. The Kier molecular flexibility index (Phi) is 2.43. The summed E-state index contributed by atoms with van der Waals surface area (Å²) >= 11 is 0. The fourth-order valence-corrected chi connectivity index (χ4v) is 4.30. The Balaban J connectivity index is 1.79. The van der Waals surface area contributed by atoms with E-state index >= 15 is 0 Å². The van der Waals surface area contributed by atoms with Crippen LogP contribution in [-0.4, -0.2) is 47.7 Å². The Labute approximate surface area is 132 Å². The monoisotopic (exact) mass is 314 g/mol. The van der Waals surface area contributed by atoms with Crippen LogP contribution in [0.5, 0.6) is 11.5 Å².